The Balaban J connectivity index is 2.19. The molecule has 3 heteroatoms. The molecule has 0 amide bonds. The van der Waals surface area contributed by atoms with Gasteiger partial charge in [0.25, 0.3) is 0 Å². The van der Waals surface area contributed by atoms with E-state index in [0.717, 1.165) is 12.4 Å². The van der Waals surface area contributed by atoms with Gasteiger partial charge in [0, 0.05) is 25.5 Å². The average molecular weight is 219 g/mol. The average Bonchev–Trinajstić information content (AvgIpc) is 2.41. The predicted octanol–water partition coefficient (Wildman–Crippen LogP) is 2.03. The van der Waals surface area contributed by atoms with Crippen molar-refractivity contribution in [3.05, 3.63) is 0 Å². The Morgan fingerprint density at radius 2 is 1.64 bits per heavy atom. The summed E-state index contributed by atoms with van der Waals surface area (Å²) in [4.78, 5) is 5.08. The molecule has 0 aliphatic carbocycles. The predicted molar refractivity (Wildman–Crippen MR) is 63.1 cm³/mol. The number of nitrogens with zero attached hydrogens (tertiary/aromatic N) is 2. The zero-order valence-electron chi connectivity index (χ0n) is 9.34. The number of alkyl halides is 1. The van der Waals surface area contributed by atoms with Gasteiger partial charge in [-0.05, 0) is 32.5 Å². The van der Waals surface area contributed by atoms with Crippen molar-refractivity contribution in [1.82, 2.24) is 9.80 Å². The second kappa shape index (κ2) is 7.49. The topological polar surface area (TPSA) is 6.48 Å². The van der Waals surface area contributed by atoms with Crippen LogP contribution in [-0.2, 0) is 0 Å². The lowest BCUT2D eigenvalue weighted by Gasteiger charge is -2.20. The summed E-state index contributed by atoms with van der Waals surface area (Å²) >= 11 is 5.75. The minimum Gasteiger partial charge on any atom is -0.302 e. The Kier molecular flexibility index (Phi) is 6.57. The molecule has 2 nitrogen and oxygen atoms in total. The molecule has 0 aromatic heterocycles. The van der Waals surface area contributed by atoms with Gasteiger partial charge < -0.3 is 9.80 Å². The van der Waals surface area contributed by atoms with Gasteiger partial charge in [0.1, 0.15) is 0 Å². The third-order valence-corrected chi connectivity index (χ3v) is 3.08. The van der Waals surface area contributed by atoms with Gasteiger partial charge in [-0.3, -0.25) is 0 Å². The Hall–Kier alpha value is 0.210. The van der Waals surface area contributed by atoms with E-state index in [9.17, 15) is 0 Å². The van der Waals surface area contributed by atoms with Gasteiger partial charge >= 0.3 is 0 Å². The molecule has 1 saturated heterocycles. The van der Waals surface area contributed by atoms with E-state index in [1.807, 2.05) is 0 Å². The van der Waals surface area contributed by atoms with Gasteiger partial charge in [-0.15, -0.1) is 11.6 Å². The third kappa shape index (κ3) is 4.63. The number of hydrogen-bond acceptors (Lipinski definition) is 2. The molecule has 0 aromatic carbocycles. The first-order valence-corrected chi connectivity index (χ1v) is 6.41. The maximum absolute atomic E-state index is 5.75. The molecule has 0 bridgehead atoms. The number of unbranched alkanes of at least 4 members (excludes halogenated alkanes) is 1. The number of hydrogen-bond donors (Lipinski definition) is 0. The fourth-order valence-corrected chi connectivity index (χ4v) is 2.21. The van der Waals surface area contributed by atoms with Crippen molar-refractivity contribution in [2.45, 2.75) is 26.2 Å². The highest BCUT2D eigenvalue weighted by Crippen LogP contribution is 2.04. The van der Waals surface area contributed by atoms with Gasteiger partial charge in [-0.1, -0.05) is 13.3 Å². The molecule has 1 rings (SSSR count). The van der Waals surface area contributed by atoms with Gasteiger partial charge in [-0.25, -0.2) is 0 Å². The van der Waals surface area contributed by atoms with Crippen LogP contribution >= 0.6 is 11.6 Å². The molecular weight excluding hydrogens is 196 g/mol. The minimum atomic E-state index is 0.773. The van der Waals surface area contributed by atoms with E-state index in [-0.39, 0.29) is 0 Å². The van der Waals surface area contributed by atoms with E-state index >= 15 is 0 Å². The van der Waals surface area contributed by atoms with Gasteiger partial charge in [-0.2, -0.15) is 0 Å². The van der Waals surface area contributed by atoms with E-state index in [1.54, 1.807) is 0 Å². The molecular formula is C11H23ClN2. The summed E-state index contributed by atoms with van der Waals surface area (Å²) in [6, 6.07) is 0. The summed E-state index contributed by atoms with van der Waals surface area (Å²) in [5.41, 5.74) is 0. The lowest BCUT2D eigenvalue weighted by molar-refractivity contribution is 0.261. The SMILES string of the molecule is CCCCN1CCCN(CCCl)CC1. The van der Waals surface area contributed by atoms with Crippen LogP contribution in [0.5, 0.6) is 0 Å². The number of halogens is 1. The highest BCUT2D eigenvalue weighted by molar-refractivity contribution is 6.18. The summed E-state index contributed by atoms with van der Waals surface area (Å²) in [6.07, 6.45) is 3.96. The van der Waals surface area contributed by atoms with Crippen LogP contribution in [0.15, 0.2) is 0 Å². The number of rotatable bonds is 5. The molecule has 84 valence electrons. The van der Waals surface area contributed by atoms with E-state index in [4.69, 9.17) is 11.6 Å². The maximum Gasteiger partial charge on any atom is 0.0351 e. The molecule has 1 fully saturated rings. The van der Waals surface area contributed by atoms with Crippen molar-refractivity contribution in [2.75, 3.05) is 45.1 Å². The Morgan fingerprint density at radius 3 is 2.21 bits per heavy atom. The molecule has 0 atom stereocenters. The van der Waals surface area contributed by atoms with Crippen LogP contribution in [0.3, 0.4) is 0 Å². The van der Waals surface area contributed by atoms with Crippen molar-refractivity contribution in [1.29, 1.82) is 0 Å². The quantitative estimate of drug-likeness (QED) is 0.652. The standard InChI is InChI=1S/C11H23ClN2/c1-2-3-6-13-7-4-8-14(9-5-12)11-10-13/h2-11H2,1H3. The summed E-state index contributed by atoms with van der Waals surface area (Å²) in [5, 5.41) is 0. The van der Waals surface area contributed by atoms with Crippen LogP contribution in [0.4, 0.5) is 0 Å². The molecule has 14 heavy (non-hydrogen) atoms. The fraction of sp³-hybridized carbons (Fsp3) is 1.00. The van der Waals surface area contributed by atoms with Crippen LogP contribution in [-0.4, -0.2) is 54.9 Å². The lowest BCUT2D eigenvalue weighted by atomic mass is 10.3. The first-order valence-electron chi connectivity index (χ1n) is 5.87. The third-order valence-electron chi connectivity index (χ3n) is 2.91. The van der Waals surface area contributed by atoms with Crippen molar-refractivity contribution < 1.29 is 0 Å². The molecule has 1 heterocycles. The van der Waals surface area contributed by atoms with Crippen LogP contribution in [0.2, 0.25) is 0 Å². The Morgan fingerprint density at radius 1 is 1.00 bits per heavy atom. The van der Waals surface area contributed by atoms with Crippen LogP contribution in [0, 0.1) is 0 Å². The highest BCUT2D eigenvalue weighted by Gasteiger charge is 2.13. The molecule has 0 saturated carbocycles. The van der Waals surface area contributed by atoms with Crippen molar-refractivity contribution in [3.63, 3.8) is 0 Å². The summed E-state index contributed by atoms with van der Waals surface area (Å²) in [5.74, 6) is 0.773. The lowest BCUT2D eigenvalue weighted by Crippen LogP contribution is -2.32. The zero-order valence-corrected chi connectivity index (χ0v) is 10.1. The second-order valence-corrected chi connectivity index (χ2v) is 4.46. The molecule has 1 aliphatic rings. The molecule has 0 aromatic rings. The zero-order chi connectivity index (χ0) is 10.2. The van der Waals surface area contributed by atoms with E-state index in [1.165, 1.54) is 52.0 Å². The second-order valence-electron chi connectivity index (χ2n) is 4.08. The van der Waals surface area contributed by atoms with Gasteiger partial charge in [0.05, 0.1) is 0 Å². The molecule has 0 spiro atoms. The van der Waals surface area contributed by atoms with E-state index < -0.39 is 0 Å². The maximum atomic E-state index is 5.75. The van der Waals surface area contributed by atoms with Crippen molar-refractivity contribution in [3.8, 4) is 0 Å². The smallest absolute Gasteiger partial charge is 0.0351 e. The monoisotopic (exact) mass is 218 g/mol. The summed E-state index contributed by atoms with van der Waals surface area (Å²) < 4.78 is 0. The van der Waals surface area contributed by atoms with E-state index in [0.29, 0.717) is 0 Å². The van der Waals surface area contributed by atoms with Crippen LogP contribution < -0.4 is 0 Å². The first kappa shape index (κ1) is 12.3. The fourth-order valence-electron chi connectivity index (χ4n) is 1.97. The van der Waals surface area contributed by atoms with Crippen LogP contribution in [0.1, 0.15) is 26.2 Å². The summed E-state index contributed by atoms with van der Waals surface area (Å²) in [6.45, 7) is 9.55. The normalized spacial score (nSPS) is 21.0. The first-order chi connectivity index (χ1) is 6.86. The molecule has 0 radical (unpaired) electrons. The summed E-state index contributed by atoms with van der Waals surface area (Å²) in [7, 11) is 0. The van der Waals surface area contributed by atoms with Gasteiger partial charge in [0.15, 0.2) is 0 Å². The largest absolute Gasteiger partial charge is 0.302 e. The molecule has 1 aliphatic heterocycles. The van der Waals surface area contributed by atoms with Crippen LogP contribution in [0.25, 0.3) is 0 Å². The Bertz CT molecular complexity index is 141. The van der Waals surface area contributed by atoms with Gasteiger partial charge in [0.2, 0.25) is 0 Å². The highest BCUT2D eigenvalue weighted by atomic mass is 35.5. The molecule has 0 unspecified atom stereocenters. The van der Waals surface area contributed by atoms with Crippen molar-refractivity contribution in [2.24, 2.45) is 0 Å². The van der Waals surface area contributed by atoms with Crippen molar-refractivity contribution >= 4 is 11.6 Å². The molecule has 0 N–H and O–H groups in total. The van der Waals surface area contributed by atoms with E-state index in [2.05, 4.69) is 16.7 Å². The minimum absolute atomic E-state index is 0.773. The Labute approximate surface area is 93.2 Å².